The summed E-state index contributed by atoms with van der Waals surface area (Å²) in [6.07, 6.45) is 0. The van der Waals surface area contributed by atoms with E-state index in [9.17, 15) is 4.79 Å². The fourth-order valence-electron chi connectivity index (χ4n) is 1.89. The second kappa shape index (κ2) is 8.64. The van der Waals surface area contributed by atoms with Gasteiger partial charge in [0.2, 0.25) is 0 Å². The number of likely N-dealkylation sites (N-methyl/N-ethyl adjacent to an activating group) is 1. The average molecular weight is 293 g/mol. The molecule has 0 fully saturated rings. The minimum absolute atomic E-state index is 0.0389. The van der Waals surface area contributed by atoms with Crippen LogP contribution in [0.5, 0.6) is 0 Å². The molecule has 1 aromatic rings. The summed E-state index contributed by atoms with van der Waals surface area (Å²) in [5.41, 5.74) is 2.32. The molecular formula is C16H27N3O2. The number of aliphatic hydroxyl groups is 1. The summed E-state index contributed by atoms with van der Waals surface area (Å²) in [7, 11) is 3.77. The number of nitrogens with zero attached hydrogens (tertiary/aromatic N) is 2. The molecule has 0 saturated carbocycles. The fraction of sp³-hybridized carbons (Fsp3) is 0.562. The first-order valence-corrected chi connectivity index (χ1v) is 7.35. The summed E-state index contributed by atoms with van der Waals surface area (Å²) in [4.78, 5) is 15.7. The first-order chi connectivity index (χ1) is 9.97. The molecule has 1 aromatic carbocycles. The van der Waals surface area contributed by atoms with Gasteiger partial charge in [0.05, 0.1) is 12.6 Å². The van der Waals surface area contributed by atoms with Crippen molar-refractivity contribution in [3.05, 3.63) is 35.4 Å². The SMILES string of the molecule is CCN(C)Cc1cccc(CNC(=O)N(C)C(C)CO)c1. The van der Waals surface area contributed by atoms with E-state index in [1.54, 1.807) is 14.0 Å². The van der Waals surface area contributed by atoms with Gasteiger partial charge in [0.1, 0.15) is 0 Å². The monoisotopic (exact) mass is 293 g/mol. The van der Waals surface area contributed by atoms with Gasteiger partial charge in [-0.1, -0.05) is 31.2 Å². The minimum Gasteiger partial charge on any atom is -0.394 e. The number of amides is 2. The van der Waals surface area contributed by atoms with Gasteiger partial charge >= 0.3 is 6.03 Å². The van der Waals surface area contributed by atoms with Gasteiger partial charge in [0.15, 0.2) is 0 Å². The van der Waals surface area contributed by atoms with E-state index in [2.05, 4.69) is 36.3 Å². The van der Waals surface area contributed by atoms with Crippen molar-refractivity contribution in [3.63, 3.8) is 0 Å². The van der Waals surface area contributed by atoms with Crippen LogP contribution in [0.25, 0.3) is 0 Å². The maximum absolute atomic E-state index is 11.9. The van der Waals surface area contributed by atoms with Crippen molar-refractivity contribution in [2.45, 2.75) is 33.0 Å². The average Bonchev–Trinajstić information content (AvgIpc) is 2.51. The van der Waals surface area contributed by atoms with Gasteiger partial charge in [-0.05, 0) is 31.6 Å². The summed E-state index contributed by atoms with van der Waals surface area (Å²) >= 11 is 0. The van der Waals surface area contributed by atoms with Crippen LogP contribution in [0.15, 0.2) is 24.3 Å². The second-order valence-electron chi connectivity index (χ2n) is 5.45. The van der Waals surface area contributed by atoms with E-state index in [1.165, 1.54) is 10.5 Å². The molecule has 0 radical (unpaired) electrons. The Morgan fingerprint density at radius 2 is 2.00 bits per heavy atom. The highest BCUT2D eigenvalue weighted by molar-refractivity contribution is 5.74. The van der Waals surface area contributed by atoms with Crippen molar-refractivity contribution in [1.29, 1.82) is 0 Å². The van der Waals surface area contributed by atoms with Crippen LogP contribution < -0.4 is 5.32 Å². The first-order valence-electron chi connectivity index (χ1n) is 7.35. The van der Waals surface area contributed by atoms with Gasteiger partial charge in [-0.25, -0.2) is 4.79 Å². The predicted molar refractivity (Wildman–Crippen MR) is 85.0 cm³/mol. The zero-order valence-electron chi connectivity index (χ0n) is 13.5. The normalized spacial score (nSPS) is 12.3. The van der Waals surface area contributed by atoms with Crippen molar-refractivity contribution >= 4 is 6.03 Å². The lowest BCUT2D eigenvalue weighted by Crippen LogP contribution is -2.43. The Labute approximate surface area is 127 Å². The predicted octanol–water partition coefficient (Wildman–Crippen LogP) is 1.66. The number of urea groups is 1. The molecule has 118 valence electrons. The molecule has 1 atom stereocenters. The number of nitrogens with one attached hydrogen (secondary N) is 1. The number of hydrogen-bond donors (Lipinski definition) is 2. The van der Waals surface area contributed by atoms with Crippen LogP contribution in [0.1, 0.15) is 25.0 Å². The number of benzene rings is 1. The van der Waals surface area contributed by atoms with Crippen LogP contribution >= 0.6 is 0 Å². The molecule has 5 nitrogen and oxygen atoms in total. The van der Waals surface area contributed by atoms with E-state index in [0.29, 0.717) is 6.54 Å². The molecule has 1 rings (SSSR count). The molecule has 0 spiro atoms. The third kappa shape index (κ3) is 5.73. The fourth-order valence-corrected chi connectivity index (χ4v) is 1.89. The van der Waals surface area contributed by atoms with Crippen molar-refractivity contribution < 1.29 is 9.90 Å². The molecule has 0 aliphatic heterocycles. The van der Waals surface area contributed by atoms with Gasteiger partial charge in [0, 0.05) is 20.1 Å². The highest BCUT2D eigenvalue weighted by Gasteiger charge is 2.14. The number of carbonyl (C=O) groups excluding carboxylic acids is 1. The van der Waals surface area contributed by atoms with Crippen LogP contribution in [0.4, 0.5) is 4.79 Å². The van der Waals surface area contributed by atoms with Crippen LogP contribution in [-0.2, 0) is 13.1 Å². The molecule has 2 amide bonds. The molecule has 0 bridgehead atoms. The number of hydrogen-bond acceptors (Lipinski definition) is 3. The van der Waals surface area contributed by atoms with Gasteiger partial charge < -0.3 is 20.2 Å². The first kappa shape index (κ1) is 17.5. The number of rotatable bonds is 7. The Hall–Kier alpha value is -1.59. The molecule has 21 heavy (non-hydrogen) atoms. The molecule has 0 heterocycles. The summed E-state index contributed by atoms with van der Waals surface area (Å²) < 4.78 is 0. The zero-order valence-corrected chi connectivity index (χ0v) is 13.5. The third-order valence-corrected chi connectivity index (χ3v) is 3.67. The molecule has 0 aliphatic carbocycles. The number of aliphatic hydroxyl groups excluding tert-OH is 1. The van der Waals surface area contributed by atoms with Crippen molar-refractivity contribution in [1.82, 2.24) is 15.1 Å². The lowest BCUT2D eigenvalue weighted by molar-refractivity contribution is 0.157. The lowest BCUT2D eigenvalue weighted by atomic mass is 10.1. The standard InChI is InChI=1S/C16H27N3O2/c1-5-18(3)11-15-8-6-7-14(9-15)10-17-16(21)19(4)13(2)12-20/h6-9,13,20H,5,10-12H2,1-4H3,(H,17,21). The highest BCUT2D eigenvalue weighted by atomic mass is 16.3. The summed E-state index contributed by atoms with van der Waals surface area (Å²) in [6, 6.07) is 7.87. The Morgan fingerprint density at radius 1 is 1.33 bits per heavy atom. The van der Waals surface area contributed by atoms with Crippen LogP contribution in [0.2, 0.25) is 0 Å². The summed E-state index contributed by atoms with van der Waals surface area (Å²) in [6.45, 7) is 6.29. The van der Waals surface area contributed by atoms with E-state index >= 15 is 0 Å². The molecule has 1 unspecified atom stereocenters. The lowest BCUT2D eigenvalue weighted by Gasteiger charge is -2.23. The second-order valence-corrected chi connectivity index (χ2v) is 5.45. The summed E-state index contributed by atoms with van der Waals surface area (Å²) in [5.74, 6) is 0. The van der Waals surface area contributed by atoms with E-state index in [0.717, 1.165) is 18.7 Å². The minimum atomic E-state index is -0.186. The molecular weight excluding hydrogens is 266 g/mol. The third-order valence-electron chi connectivity index (χ3n) is 3.67. The molecule has 0 saturated heterocycles. The Balaban J connectivity index is 2.55. The number of carbonyl (C=O) groups is 1. The topological polar surface area (TPSA) is 55.8 Å². The van der Waals surface area contributed by atoms with Crippen LogP contribution in [-0.4, -0.2) is 54.2 Å². The van der Waals surface area contributed by atoms with E-state index in [4.69, 9.17) is 5.11 Å². The molecule has 2 N–H and O–H groups in total. The maximum Gasteiger partial charge on any atom is 0.317 e. The van der Waals surface area contributed by atoms with Crippen molar-refractivity contribution in [3.8, 4) is 0 Å². The molecule has 5 heteroatoms. The van der Waals surface area contributed by atoms with Gasteiger partial charge in [0.25, 0.3) is 0 Å². The van der Waals surface area contributed by atoms with Gasteiger partial charge in [-0.3, -0.25) is 0 Å². The van der Waals surface area contributed by atoms with E-state index in [-0.39, 0.29) is 18.7 Å². The Morgan fingerprint density at radius 3 is 2.62 bits per heavy atom. The van der Waals surface area contributed by atoms with Crippen LogP contribution in [0, 0.1) is 0 Å². The van der Waals surface area contributed by atoms with E-state index in [1.807, 2.05) is 12.1 Å². The maximum atomic E-state index is 11.9. The largest absolute Gasteiger partial charge is 0.394 e. The molecule has 0 aromatic heterocycles. The van der Waals surface area contributed by atoms with Crippen molar-refractivity contribution in [2.75, 3.05) is 27.2 Å². The Kier molecular flexibility index (Phi) is 7.19. The van der Waals surface area contributed by atoms with Crippen LogP contribution in [0.3, 0.4) is 0 Å². The Bertz CT molecular complexity index is 451. The van der Waals surface area contributed by atoms with Crippen molar-refractivity contribution in [2.24, 2.45) is 0 Å². The smallest absolute Gasteiger partial charge is 0.317 e. The van der Waals surface area contributed by atoms with E-state index < -0.39 is 0 Å². The highest BCUT2D eigenvalue weighted by Crippen LogP contribution is 2.08. The van der Waals surface area contributed by atoms with Gasteiger partial charge in [-0.2, -0.15) is 0 Å². The summed E-state index contributed by atoms with van der Waals surface area (Å²) in [5, 5.41) is 11.9. The molecule has 0 aliphatic rings. The van der Waals surface area contributed by atoms with Gasteiger partial charge in [-0.15, -0.1) is 0 Å². The quantitative estimate of drug-likeness (QED) is 0.804. The zero-order chi connectivity index (χ0) is 15.8.